The summed E-state index contributed by atoms with van der Waals surface area (Å²) >= 11 is -2.26. The van der Waals surface area contributed by atoms with Gasteiger partial charge < -0.3 is 9.45 Å². The van der Waals surface area contributed by atoms with Crippen molar-refractivity contribution in [1.82, 2.24) is 4.90 Å². The van der Waals surface area contributed by atoms with E-state index in [1.54, 1.807) is 0 Å². The van der Waals surface area contributed by atoms with Crippen molar-refractivity contribution < 1.29 is 13.6 Å². The lowest BCUT2D eigenvalue weighted by Gasteiger charge is -2.10. The molecule has 0 aliphatic heterocycles. The molecule has 1 unspecified atom stereocenters. The van der Waals surface area contributed by atoms with Crippen molar-refractivity contribution in [2.45, 2.75) is 0 Å². The third-order valence-electron chi connectivity index (χ3n) is 0.740. The molecule has 0 aliphatic carbocycles. The van der Waals surface area contributed by atoms with E-state index in [1.807, 2.05) is 0 Å². The molecule has 0 radical (unpaired) electrons. The van der Waals surface area contributed by atoms with Crippen LogP contribution in [-0.2, 0) is 15.9 Å². The fourth-order valence-electron chi connectivity index (χ4n) is 0.230. The zero-order valence-electron chi connectivity index (χ0n) is 5.29. The monoisotopic (exact) mass is 150 g/mol. The van der Waals surface area contributed by atoms with E-state index in [4.69, 9.17) is 0 Å². The predicted molar refractivity (Wildman–Crippen MR) is 32.5 cm³/mol. The average molecular weight is 150 g/mol. The molecule has 0 rings (SSSR count). The van der Waals surface area contributed by atoms with Crippen LogP contribution < -0.4 is 0 Å². The van der Waals surface area contributed by atoms with Crippen LogP contribution in [0.15, 0.2) is 0 Å². The van der Waals surface area contributed by atoms with E-state index in [0.29, 0.717) is 0 Å². The highest BCUT2D eigenvalue weighted by Gasteiger charge is 2.01. The van der Waals surface area contributed by atoms with Crippen LogP contribution in [0, 0.1) is 0 Å². The van der Waals surface area contributed by atoms with Gasteiger partial charge in [0, 0.05) is 14.1 Å². The van der Waals surface area contributed by atoms with Crippen LogP contribution in [0.4, 0.5) is 0 Å². The molecule has 0 aromatic heterocycles. The molecule has 0 heterocycles. The summed E-state index contributed by atoms with van der Waals surface area (Å²) in [4.78, 5) is 11.7. The fourth-order valence-corrected chi connectivity index (χ4v) is 0.690. The fraction of sp³-hybridized carbons (Fsp3) is 0.750. The Kier molecular flexibility index (Phi) is 3.41. The smallest absolute Gasteiger partial charge is 0.233 e. The Morgan fingerprint density at radius 1 is 1.67 bits per heavy atom. The summed E-state index contributed by atoms with van der Waals surface area (Å²) < 4.78 is 19.7. The van der Waals surface area contributed by atoms with Gasteiger partial charge in [0.25, 0.3) is 0 Å². The molecule has 0 aromatic carbocycles. The van der Waals surface area contributed by atoms with E-state index in [0.717, 1.165) is 0 Å². The van der Waals surface area contributed by atoms with E-state index >= 15 is 0 Å². The Morgan fingerprint density at radius 3 is 2.22 bits per heavy atom. The van der Waals surface area contributed by atoms with Gasteiger partial charge in [-0.25, -0.2) is 0 Å². The van der Waals surface area contributed by atoms with Crippen LogP contribution >= 0.6 is 0 Å². The first-order valence-corrected chi connectivity index (χ1v) is 3.54. The maximum Gasteiger partial charge on any atom is 0.233 e. The Balaban J connectivity index is 3.64. The number of hydrogen-bond donors (Lipinski definition) is 0. The molecule has 9 heavy (non-hydrogen) atoms. The number of rotatable bonds is 2. The highest BCUT2D eigenvalue weighted by molar-refractivity contribution is 7.79. The van der Waals surface area contributed by atoms with Gasteiger partial charge in [0.1, 0.15) is 0 Å². The third kappa shape index (κ3) is 4.11. The molecule has 5 heteroatoms. The maximum atomic E-state index is 10.5. The van der Waals surface area contributed by atoms with Crippen molar-refractivity contribution in [2.24, 2.45) is 0 Å². The van der Waals surface area contributed by atoms with Crippen molar-refractivity contribution in [3.63, 3.8) is 0 Å². The van der Waals surface area contributed by atoms with Crippen LogP contribution in [0.3, 0.4) is 0 Å². The summed E-state index contributed by atoms with van der Waals surface area (Å²) in [5.74, 6) is -0.823. The summed E-state index contributed by atoms with van der Waals surface area (Å²) in [5.41, 5.74) is 0. The Hall–Kier alpha value is -0.420. The highest BCUT2D eigenvalue weighted by Crippen LogP contribution is 1.80. The highest BCUT2D eigenvalue weighted by atomic mass is 32.2. The van der Waals surface area contributed by atoms with Gasteiger partial charge in [-0.1, -0.05) is 0 Å². The number of nitrogens with zero attached hydrogens (tertiary/aromatic N) is 1. The van der Waals surface area contributed by atoms with Crippen LogP contribution in [0.5, 0.6) is 0 Å². The Morgan fingerprint density at radius 2 is 2.11 bits per heavy atom. The van der Waals surface area contributed by atoms with Crippen LogP contribution in [-0.4, -0.2) is 39.4 Å². The van der Waals surface area contributed by atoms with E-state index in [9.17, 15) is 13.6 Å². The van der Waals surface area contributed by atoms with Gasteiger partial charge >= 0.3 is 0 Å². The second-order valence-electron chi connectivity index (χ2n) is 1.74. The standard InChI is InChI=1S/C4H9NO3S/c1-5(2)4(6)3-9(7)8/h3H2,1-2H3,(H,7,8)/p-1. The molecular formula is C4H8NO3S-. The Bertz CT molecular complexity index is 134. The summed E-state index contributed by atoms with van der Waals surface area (Å²) in [7, 11) is 3.02. The van der Waals surface area contributed by atoms with Crippen molar-refractivity contribution in [3.05, 3.63) is 0 Å². The quantitative estimate of drug-likeness (QED) is 0.472. The number of carbonyl (C=O) groups is 1. The van der Waals surface area contributed by atoms with Crippen molar-refractivity contribution in [1.29, 1.82) is 0 Å². The predicted octanol–water partition coefficient (Wildman–Crippen LogP) is -1.05. The lowest BCUT2D eigenvalue weighted by atomic mass is 10.6. The molecule has 4 nitrogen and oxygen atoms in total. The van der Waals surface area contributed by atoms with E-state index in [2.05, 4.69) is 0 Å². The first kappa shape index (κ1) is 8.58. The summed E-state index contributed by atoms with van der Waals surface area (Å²) in [5, 5.41) is 0. The van der Waals surface area contributed by atoms with Crippen molar-refractivity contribution >= 4 is 17.0 Å². The molecule has 0 spiro atoms. The molecule has 1 amide bonds. The average Bonchev–Trinajstić information content (AvgIpc) is 1.63. The minimum absolute atomic E-state index is 0.400. The normalized spacial score (nSPS) is 12.8. The van der Waals surface area contributed by atoms with Gasteiger partial charge in [-0.2, -0.15) is 0 Å². The number of amides is 1. The SMILES string of the molecule is CN(C)C(=O)CS(=O)[O-]. The lowest BCUT2D eigenvalue weighted by molar-refractivity contribution is -0.125. The van der Waals surface area contributed by atoms with E-state index in [1.165, 1.54) is 19.0 Å². The minimum Gasteiger partial charge on any atom is -0.772 e. The summed E-state index contributed by atoms with van der Waals surface area (Å²) in [6.45, 7) is 0. The van der Waals surface area contributed by atoms with Gasteiger partial charge in [-0.15, -0.1) is 0 Å². The van der Waals surface area contributed by atoms with Gasteiger partial charge in [-0.05, 0) is 11.1 Å². The topological polar surface area (TPSA) is 60.4 Å². The second kappa shape index (κ2) is 3.58. The lowest BCUT2D eigenvalue weighted by Crippen LogP contribution is -2.26. The molecule has 1 atom stereocenters. The largest absolute Gasteiger partial charge is 0.772 e. The van der Waals surface area contributed by atoms with Crippen LogP contribution in [0.2, 0.25) is 0 Å². The maximum absolute atomic E-state index is 10.5. The zero-order valence-corrected chi connectivity index (χ0v) is 6.10. The molecule has 0 saturated carbocycles. The van der Waals surface area contributed by atoms with E-state index in [-0.39, 0.29) is 0 Å². The molecule has 54 valence electrons. The zero-order chi connectivity index (χ0) is 7.44. The molecular weight excluding hydrogens is 142 g/mol. The molecule has 0 fully saturated rings. The molecule has 0 N–H and O–H groups in total. The molecule has 0 aromatic rings. The first-order chi connectivity index (χ1) is 4.04. The molecule has 0 saturated heterocycles. The van der Waals surface area contributed by atoms with Gasteiger partial charge in [0.15, 0.2) is 0 Å². The van der Waals surface area contributed by atoms with Crippen molar-refractivity contribution in [2.75, 3.05) is 19.8 Å². The van der Waals surface area contributed by atoms with Crippen LogP contribution in [0.1, 0.15) is 0 Å². The van der Waals surface area contributed by atoms with Crippen LogP contribution in [0.25, 0.3) is 0 Å². The minimum atomic E-state index is -2.26. The third-order valence-corrected chi connectivity index (χ3v) is 1.22. The summed E-state index contributed by atoms with van der Waals surface area (Å²) in [6, 6.07) is 0. The molecule has 0 bridgehead atoms. The Labute approximate surface area is 56.1 Å². The van der Waals surface area contributed by atoms with E-state index < -0.39 is 22.7 Å². The van der Waals surface area contributed by atoms with Crippen molar-refractivity contribution in [3.8, 4) is 0 Å². The first-order valence-electron chi connectivity index (χ1n) is 2.30. The second-order valence-corrected chi connectivity index (χ2v) is 2.63. The summed E-state index contributed by atoms with van der Waals surface area (Å²) in [6.07, 6.45) is 0. The van der Waals surface area contributed by atoms with Gasteiger partial charge in [0.05, 0.1) is 5.75 Å². The number of carbonyl (C=O) groups excluding carboxylic acids is 1. The molecule has 0 aliphatic rings. The number of hydrogen-bond acceptors (Lipinski definition) is 3. The van der Waals surface area contributed by atoms with Gasteiger partial charge in [0.2, 0.25) is 5.91 Å². The van der Waals surface area contributed by atoms with Gasteiger partial charge in [-0.3, -0.25) is 9.00 Å².